The molecular weight excluding hydrogens is 198 g/mol. The molecule has 1 saturated heterocycles. The summed E-state index contributed by atoms with van der Waals surface area (Å²) in [5, 5.41) is 3.55. The summed E-state index contributed by atoms with van der Waals surface area (Å²) in [4.78, 5) is 2.44. The van der Waals surface area contributed by atoms with E-state index in [0.29, 0.717) is 5.92 Å². The molecule has 1 aliphatic rings. The third kappa shape index (κ3) is 5.28. The van der Waals surface area contributed by atoms with E-state index < -0.39 is 0 Å². The molecule has 3 N–H and O–H groups in total. The van der Waals surface area contributed by atoms with Crippen molar-refractivity contribution in [2.75, 3.05) is 39.8 Å². The van der Waals surface area contributed by atoms with Crippen LogP contribution in [0.15, 0.2) is 0 Å². The second-order valence-corrected chi connectivity index (χ2v) is 5.25. The lowest BCUT2D eigenvalue weighted by Crippen LogP contribution is -2.33. The van der Waals surface area contributed by atoms with Crippen LogP contribution in [0.2, 0.25) is 0 Å². The third-order valence-corrected chi connectivity index (χ3v) is 3.91. The van der Waals surface area contributed by atoms with Crippen molar-refractivity contribution in [1.82, 2.24) is 10.2 Å². The molecule has 1 unspecified atom stereocenters. The van der Waals surface area contributed by atoms with Gasteiger partial charge in [-0.15, -0.1) is 0 Å². The summed E-state index contributed by atoms with van der Waals surface area (Å²) in [5.41, 5.74) is 5.68. The van der Waals surface area contributed by atoms with Gasteiger partial charge in [-0.2, -0.15) is 0 Å². The van der Waals surface area contributed by atoms with Crippen molar-refractivity contribution in [1.29, 1.82) is 0 Å². The topological polar surface area (TPSA) is 41.3 Å². The van der Waals surface area contributed by atoms with Gasteiger partial charge in [0.25, 0.3) is 0 Å². The Balaban J connectivity index is 1.98. The molecule has 0 amide bonds. The maximum Gasteiger partial charge on any atom is -0.000856 e. The van der Waals surface area contributed by atoms with Gasteiger partial charge in [-0.1, -0.05) is 13.3 Å². The molecule has 0 aromatic heterocycles. The minimum absolute atomic E-state index is 0.664. The first-order valence-corrected chi connectivity index (χ1v) is 6.85. The number of piperidine rings is 1. The lowest BCUT2D eigenvalue weighted by Gasteiger charge is -2.29. The van der Waals surface area contributed by atoms with Crippen LogP contribution in [0.5, 0.6) is 0 Å². The Kier molecular flexibility index (Phi) is 7.01. The van der Waals surface area contributed by atoms with E-state index in [1.807, 2.05) is 0 Å². The Bertz CT molecular complexity index is 161. The van der Waals surface area contributed by atoms with E-state index in [0.717, 1.165) is 19.0 Å². The van der Waals surface area contributed by atoms with E-state index in [9.17, 15) is 0 Å². The summed E-state index contributed by atoms with van der Waals surface area (Å²) in [5.74, 6) is 1.61. The first-order valence-electron chi connectivity index (χ1n) is 6.85. The van der Waals surface area contributed by atoms with Crippen LogP contribution in [0.25, 0.3) is 0 Å². The highest BCUT2D eigenvalue weighted by molar-refractivity contribution is 4.71. The van der Waals surface area contributed by atoms with E-state index in [1.54, 1.807) is 0 Å². The van der Waals surface area contributed by atoms with E-state index in [4.69, 9.17) is 5.73 Å². The lowest BCUT2D eigenvalue weighted by atomic mass is 9.94. The lowest BCUT2D eigenvalue weighted by molar-refractivity contribution is 0.211. The molecule has 96 valence electrons. The number of hydrogen-bond acceptors (Lipinski definition) is 3. The van der Waals surface area contributed by atoms with Crippen molar-refractivity contribution in [3.05, 3.63) is 0 Å². The smallest absolute Gasteiger partial charge is 0.000856 e. The van der Waals surface area contributed by atoms with Crippen molar-refractivity contribution >= 4 is 0 Å². The molecule has 16 heavy (non-hydrogen) atoms. The summed E-state index contributed by atoms with van der Waals surface area (Å²) < 4.78 is 0. The van der Waals surface area contributed by atoms with Crippen molar-refractivity contribution in [3.8, 4) is 0 Å². The predicted molar refractivity (Wildman–Crippen MR) is 70.5 cm³/mol. The zero-order valence-electron chi connectivity index (χ0n) is 11.0. The molecule has 0 aromatic rings. The Labute approximate surface area is 101 Å². The molecule has 1 aliphatic heterocycles. The number of nitrogens with one attached hydrogen (secondary N) is 1. The monoisotopic (exact) mass is 227 g/mol. The Morgan fingerprint density at radius 2 is 2.06 bits per heavy atom. The van der Waals surface area contributed by atoms with Crippen LogP contribution in [0.4, 0.5) is 0 Å². The highest BCUT2D eigenvalue weighted by Crippen LogP contribution is 2.18. The molecule has 3 heteroatoms. The summed E-state index contributed by atoms with van der Waals surface area (Å²) >= 11 is 0. The first-order chi connectivity index (χ1) is 7.76. The fourth-order valence-electron chi connectivity index (χ4n) is 2.36. The van der Waals surface area contributed by atoms with Crippen LogP contribution in [0.3, 0.4) is 0 Å². The number of nitrogens with zero attached hydrogens (tertiary/aromatic N) is 1. The highest BCUT2D eigenvalue weighted by Gasteiger charge is 2.15. The van der Waals surface area contributed by atoms with E-state index >= 15 is 0 Å². The third-order valence-electron chi connectivity index (χ3n) is 3.91. The van der Waals surface area contributed by atoms with Crippen LogP contribution in [0.1, 0.15) is 32.6 Å². The van der Waals surface area contributed by atoms with Crippen molar-refractivity contribution in [2.24, 2.45) is 17.6 Å². The van der Waals surface area contributed by atoms with Gasteiger partial charge in [0.2, 0.25) is 0 Å². The summed E-state index contributed by atoms with van der Waals surface area (Å²) in [6.45, 7) is 7.87. The van der Waals surface area contributed by atoms with Crippen LogP contribution in [-0.2, 0) is 0 Å². The van der Waals surface area contributed by atoms with Crippen LogP contribution in [-0.4, -0.2) is 44.7 Å². The number of likely N-dealkylation sites (tertiary alicyclic amines) is 1. The molecule has 0 spiro atoms. The van der Waals surface area contributed by atoms with Gasteiger partial charge in [-0.25, -0.2) is 0 Å². The van der Waals surface area contributed by atoms with Gasteiger partial charge in [0.15, 0.2) is 0 Å². The van der Waals surface area contributed by atoms with Crippen LogP contribution >= 0.6 is 0 Å². The zero-order valence-corrected chi connectivity index (χ0v) is 11.0. The maximum atomic E-state index is 5.68. The zero-order chi connectivity index (χ0) is 11.8. The van der Waals surface area contributed by atoms with Gasteiger partial charge >= 0.3 is 0 Å². The molecule has 0 bridgehead atoms. The largest absolute Gasteiger partial charge is 0.330 e. The Morgan fingerprint density at radius 3 is 2.62 bits per heavy atom. The second-order valence-electron chi connectivity index (χ2n) is 5.25. The number of nitrogens with two attached hydrogens (primary N) is 1. The SMILES string of the molecule is CCC(CN)CNCCC1CCN(C)CC1. The Hall–Kier alpha value is -0.120. The van der Waals surface area contributed by atoms with E-state index in [-0.39, 0.29) is 0 Å². The summed E-state index contributed by atoms with van der Waals surface area (Å²) in [6.07, 6.45) is 5.30. The number of rotatable bonds is 7. The summed E-state index contributed by atoms with van der Waals surface area (Å²) in [6, 6.07) is 0. The van der Waals surface area contributed by atoms with Gasteiger partial charge in [0, 0.05) is 0 Å². The first kappa shape index (κ1) is 13.9. The van der Waals surface area contributed by atoms with Gasteiger partial charge in [0.1, 0.15) is 0 Å². The van der Waals surface area contributed by atoms with Gasteiger partial charge in [0.05, 0.1) is 0 Å². The average Bonchev–Trinajstić information content (AvgIpc) is 2.32. The molecule has 1 fully saturated rings. The van der Waals surface area contributed by atoms with E-state index in [1.165, 1.54) is 45.3 Å². The minimum atomic E-state index is 0.664. The molecule has 3 nitrogen and oxygen atoms in total. The maximum absolute atomic E-state index is 5.68. The fourth-order valence-corrected chi connectivity index (χ4v) is 2.36. The van der Waals surface area contributed by atoms with Crippen molar-refractivity contribution in [3.63, 3.8) is 0 Å². The molecule has 0 aromatic carbocycles. The fraction of sp³-hybridized carbons (Fsp3) is 1.00. The quantitative estimate of drug-likeness (QED) is 0.644. The van der Waals surface area contributed by atoms with Crippen molar-refractivity contribution in [2.45, 2.75) is 32.6 Å². The molecule has 1 heterocycles. The molecule has 0 radical (unpaired) electrons. The van der Waals surface area contributed by atoms with Crippen LogP contribution < -0.4 is 11.1 Å². The second kappa shape index (κ2) is 8.04. The standard InChI is InChI=1S/C13H29N3/c1-3-12(10-14)11-15-7-4-13-5-8-16(2)9-6-13/h12-13,15H,3-11,14H2,1-2H3. The van der Waals surface area contributed by atoms with Crippen LogP contribution in [0, 0.1) is 11.8 Å². The normalized spacial score (nSPS) is 21.2. The summed E-state index contributed by atoms with van der Waals surface area (Å²) in [7, 11) is 2.22. The van der Waals surface area contributed by atoms with Gasteiger partial charge in [-0.3, -0.25) is 0 Å². The highest BCUT2D eigenvalue weighted by atomic mass is 15.1. The van der Waals surface area contributed by atoms with Gasteiger partial charge < -0.3 is 16.0 Å². The van der Waals surface area contributed by atoms with Gasteiger partial charge in [-0.05, 0) is 70.9 Å². The minimum Gasteiger partial charge on any atom is -0.330 e. The molecule has 1 atom stereocenters. The molecule has 1 rings (SSSR count). The predicted octanol–water partition coefficient (Wildman–Crippen LogP) is 1.29. The number of hydrogen-bond donors (Lipinski definition) is 2. The molecule has 0 saturated carbocycles. The molecular formula is C13H29N3. The van der Waals surface area contributed by atoms with E-state index in [2.05, 4.69) is 24.2 Å². The molecule has 0 aliphatic carbocycles. The Morgan fingerprint density at radius 1 is 1.38 bits per heavy atom. The average molecular weight is 227 g/mol. The van der Waals surface area contributed by atoms with Crippen molar-refractivity contribution < 1.29 is 0 Å².